The van der Waals surface area contributed by atoms with Gasteiger partial charge in [0.05, 0.1) is 5.75 Å². The largest absolute Gasteiger partial charge is 0.356 e. The summed E-state index contributed by atoms with van der Waals surface area (Å²) < 4.78 is 25.5. The van der Waals surface area contributed by atoms with Gasteiger partial charge in [0.25, 0.3) is 0 Å². The molecule has 0 amide bonds. The van der Waals surface area contributed by atoms with Gasteiger partial charge in [-0.05, 0) is 68.3 Å². The van der Waals surface area contributed by atoms with Crippen molar-refractivity contribution in [3.8, 4) is 0 Å². The summed E-state index contributed by atoms with van der Waals surface area (Å²) in [5.74, 6) is 0.0651. The normalized spacial score (nSPS) is 11.2. The zero-order valence-electron chi connectivity index (χ0n) is 12.5. The molecular formula is C16H20N2O2S. The average Bonchev–Trinajstić information content (AvgIpc) is 2.39. The molecule has 0 fully saturated rings. The van der Waals surface area contributed by atoms with Gasteiger partial charge in [0, 0.05) is 17.1 Å². The lowest BCUT2D eigenvalue weighted by molar-refractivity contribution is 0.602. The molecule has 0 aliphatic rings. The highest BCUT2D eigenvalue weighted by atomic mass is 32.2. The van der Waals surface area contributed by atoms with Crippen molar-refractivity contribution in [3.05, 3.63) is 53.6 Å². The number of hydrogen-bond acceptors (Lipinski definition) is 3. The van der Waals surface area contributed by atoms with Crippen molar-refractivity contribution in [2.75, 3.05) is 15.8 Å². The third kappa shape index (κ3) is 4.49. The molecule has 5 heteroatoms. The molecule has 0 saturated carbocycles. The lowest BCUT2D eigenvalue weighted by Crippen LogP contribution is -2.14. The lowest BCUT2D eigenvalue weighted by Gasteiger charge is -2.10. The van der Waals surface area contributed by atoms with E-state index in [4.69, 9.17) is 0 Å². The van der Waals surface area contributed by atoms with E-state index < -0.39 is 10.0 Å². The van der Waals surface area contributed by atoms with Gasteiger partial charge in [-0.3, -0.25) is 4.72 Å². The molecule has 2 rings (SSSR count). The van der Waals surface area contributed by atoms with Crippen molar-refractivity contribution in [1.82, 2.24) is 0 Å². The van der Waals surface area contributed by atoms with Gasteiger partial charge in [-0.1, -0.05) is 6.07 Å². The highest BCUT2D eigenvalue weighted by Gasteiger charge is 2.06. The zero-order valence-corrected chi connectivity index (χ0v) is 13.3. The number of sulfonamides is 1. The Kier molecular flexibility index (Phi) is 4.53. The van der Waals surface area contributed by atoms with Crippen molar-refractivity contribution in [3.63, 3.8) is 0 Å². The first-order valence-electron chi connectivity index (χ1n) is 6.84. The van der Waals surface area contributed by atoms with Crippen molar-refractivity contribution in [2.24, 2.45) is 0 Å². The second kappa shape index (κ2) is 6.18. The Morgan fingerprint density at radius 3 is 1.90 bits per heavy atom. The maximum atomic E-state index is 11.5. The van der Waals surface area contributed by atoms with Crippen LogP contribution in [-0.4, -0.2) is 14.2 Å². The molecule has 2 aromatic rings. The minimum Gasteiger partial charge on any atom is -0.356 e. The summed E-state index contributed by atoms with van der Waals surface area (Å²) in [6.45, 7) is 5.72. The van der Waals surface area contributed by atoms with E-state index in [1.54, 1.807) is 19.1 Å². The second-order valence-corrected chi connectivity index (χ2v) is 7.10. The van der Waals surface area contributed by atoms with Crippen molar-refractivity contribution in [1.29, 1.82) is 0 Å². The maximum Gasteiger partial charge on any atom is 0.232 e. The summed E-state index contributed by atoms with van der Waals surface area (Å²) in [4.78, 5) is 0. The molecule has 0 atom stereocenters. The summed E-state index contributed by atoms with van der Waals surface area (Å²) in [5, 5.41) is 3.31. The zero-order chi connectivity index (χ0) is 15.5. The highest BCUT2D eigenvalue weighted by molar-refractivity contribution is 7.92. The van der Waals surface area contributed by atoms with Crippen LogP contribution in [0.25, 0.3) is 0 Å². The van der Waals surface area contributed by atoms with E-state index in [1.165, 1.54) is 11.1 Å². The van der Waals surface area contributed by atoms with E-state index in [-0.39, 0.29) is 5.75 Å². The molecular weight excluding hydrogens is 284 g/mol. The van der Waals surface area contributed by atoms with Crippen LogP contribution in [0.2, 0.25) is 0 Å². The Balaban J connectivity index is 2.12. The number of rotatable bonds is 5. The van der Waals surface area contributed by atoms with Crippen molar-refractivity contribution in [2.45, 2.75) is 20.8 Å². The molecule has 0 saturated heterocycles. The number of hydrogen-bond donors (Lipinski definition) is 2. The van der Waals surface area contributed by atoms with Gasteiger partial charge in [-0.2, -0.15) is 0 Å². The monoisotopic (exact) mass is 304 g/mol. The van der Waals surface area contributed by atoms with Gasteiger partial charge in [-0.15, -0.1) is 0 Å². The van der Waals surface area contributed by atoms with Crippen LogP contribution in [-0.2, 0) is 10.0 Å². The number of aryl methyl sites for hydroxylation is 2. The molecule has 0 bridgehead atoms. The first kappa shape index (κ1) is 15.4. The Bertz CT molecular complexity index is 702. The van der Waals surface area contributed by atoms with Gasteiger partial charge < -0.3 is 5.32 Å². The average molecular weight is 304 g/mol. The number of anilines is 3. The standard InChI is InChI=1S/C16H20N2O2S/c1-4-21(19,20)18-15-7-5-14(6-8-15)17-16-10-12(2)9-13(3)11-16/h5-11,17-18H,4H2,1-3H3. The van der Waals surface area contributed by atoms with E-state index in [9.17, 15) is 8.42 Å². The van der Waals surface area contributed by atoms with Crippen molar-refractivity contribution < 1.29 is 8.42 Å². The molecule has 0 heterocycles. The third-order valence-electron chi connectivity index (χ3n) is 3.05. The van der Waals surface area contributed by atoms with Gasteiger partial charge in [-0.25, -0.2) is 8.42 Å². The topological polar surface area (TPSA) is 58.2 Å². The Morgan fingerprint density at radius 2 is 1.38 bits per heavy atom. The molecule has 2 N–H and O–H groups in total. The minimum absolute atomic E-state index is 0.0651. The Morgan fingerprint density at radius 1 is 0.857 bits per heavy atom. The molecule has 21 heavy (non-hydrogen) atoms. The molecule has 0 radical (unpaired) electrons. The van der Waals surface area contributed by atoms with E-state index in [0.29, 0.717) is 5.69 Å². The molecule has 2 aromatic carbocycles. The van der Waals surface area contributed by atoms with E-state index in [1.807, 2.05) is 12.1 Å². The quantitative estimate of drug-likeness (QED) is 0.883. The Hall–Kier alpha value is -2.01. The van der Waals surface area contributed by atoms with Crippen LogP contribution >= 0.6 is 0 Å². The molecule has 0 unspecified atom stereocenters. The smallest absolute Gasteiger partial charge is 0.232 e. The molecule has 0 spiro atoms. The predicted octanol–water partition coefficient (Wildman–Crippen LogP) is 3.81. The summed E-state index contributed by atoms with van der Waals surface area (Å²) in [6, 6.07) is 13.5. The van der Waals surface area contributed by atoms with E-state index in [0.717, 1.165) is 11.4 Å². The van der Waals surface area contributed by atoms with Crippen LogP contribution in [0, 0.1) is 13.8 Å². The van der Waals surface area contributed by atoms with E-state index in [2.05, 4.69) is 42.1 Å². The fourth-order valence-corrected chi connectivity index (χ4v) is 2.73. The van der Waals surface area contributed by atoms with Gasteiger partial charge >= 0.3 is 0 Å². The molecule has 0 aliphatic carbocycles. The minimum atomic E-state index is -3.23. The highest BCUT2D eigenvalue weighted by Crippen LogP contribution is 2.21. The van der Waals surface area contributed by atoms with Gasteiger partial charge in [0.15, 0.2) is 0 Å². The third-order valence-corrected chi connectivity index (χ3v) is 4.36. The first-order chi connectivity index (χ1) is 9.88. The van der Waals surface area contributed by atoms with Gasteiger partial charge in [0.2, 0.25) is 10.0 Å². The van der Waals surface area contributed by atoms with Crippen LogP contribution in [0.3, 0.4) is 0 Å². The fourth-order valence-electron chi connectivity index (χ4n) is 2.09. The molecule has 112 valence electrons. The Labute approximate surface area is 126 Å². The van der Waals surface area contributed by atoms with Crippen LogP contribution in [0.1, 0.15) is 18.1 Å². The summed E-state index contributed by atoms with van der Waals surface area (Å²) in [7, 11) is -3.23. The number of benzene rings is 2. The second-order valence-electron chi connectivity index (χ2n) is 5.08. The molecule has 0 aliphatic heterocycles. The summed E-state index contributed by atoms with van der Waals surface area (Å²) in [5.41, 5.74) is 4.91. The maximum absolute atomic E-state index is 11.5. The predicted molar refractivity (Wildman–Crippen MR) is 88.7 cm³/mol. The summed E-state index contributed by atoms with van der Waals surface area (Å²) in [6.07, 6.45) is 0. The SMILES string of the molecule is CCS(=O)(=O)Nc1ccc(Nc2cc(C)cc(C)c2)cc1. The van der Waals surface area contributed by atoms with Crippen molar-refractivity contribution >= 4 is 27.1 Å². The van der Waals surface area contributed by atoms with Crippen LogP contribution in [0.4, 0.5) is 17.1 Å². The van der Waals surface area contributed by atoms with Crippen LogP contribution in [0.5, 0.6) is 0 Å². The fraction of sp³-hybridized carbons (Fsp3) is 0.250. The lowest BCUT2D eigenvalue weighted by atomic mass is 10.1. The first-order valence-corrected chi connectivity index (χ1v) is 8.49. The van der Waals surface area contributed by atoms with Crippen LogP contribution < -0.4 is 10.0 Å². The molecule has 4 nitrogen and oxygen atoms in total. The summed E-state index contributed by atoms with van der Waals surface area (Å²) >= 11 is 0. The number of nitrogens with one attached hydrogen (secondary N) is 2. The van der Waals surface area contributed by atoms with Crippen LogP contribution in [0.15, 0.2) is 42.5 Å². The van der Waals surface area contributed by atoms with E-state index >= 15 is 0 Å². The van der Waals surface area contributed by atoms with Gasteiger partial charge in [0.1, 0.15) is 0 Å². The molecule has 0 aromatic heterocycles.